The fraction of sp³-hybridized carbons (Fsp3) is 0.389. The Hall–Kier alpha value is -2.21. The molecular formula is C18H25N5Si. The van der Waals surface area contributed by atoms with Crippen molar-refractivity contribution in [2.24, 2.45) is 7.05 Å². The van der Waals surface area contributed by atoms with Crippen LogP contribution in [0.5, 0.6) is 0 Å². The normalized spacial score (nSPS) is 11.8. The highest BCUT2D eigenvalue weighted by Gasteiger charge is 2.39. The molecule has 2 aliphatic rings. The summed E-state index contributed by atoms with van der Waals surface area (Å²) in [5.74, 6) is 1.83. The van der Waals surface area contributed by atoms with Crippen LogP contribution in [0.25, 0.3) is 11.5 Å². The van der Waals surface area contributed by atoms with E-state index in [1.807, 2.05) is 13.4 Å². The molecule has 24 heavy (non-hydrogen) atoms. The number of benzene rings is 1. The highest BCUT2D eigenvalue weighted by Crippen LogP contribution is 2.40. The first-order valence-corrected chi connectivity index (χ1v) is 11.2. The highest BCUT2D eigenvalue weighted by atomic mass is 28.3. The molecule has 0 unspecified atom stereocenters. The molecule has 6 heteroatoms. The van der Waals surface area contributed by atoms with Crippen LogP contribution in [0.2, 0.25) is 18.1 Å². The van der Waals surface area contributed by atoms with E-state index < -0.39 is 8.24 Å². The molecule has 3 rings (SSSR count). The molecule has 0 saturated heterocycles. The van der Waals surface area contributed by atoms with Gasteiger partial charge < -0.3 is 9.13 Å². The standard InChI is InChI=1S/C18H25N5Si/c1-5-24(6-2,7-3)23(15-11-9-8-10-12-15)18-16-17(20-13-19-16)21-14-22(18)4/h8-14H,5-7H2,1-4H3. The van der Waals surface area contributed by atoms with Gasteiger partial charge in [-0.3, -0.25) is 0 Å². The summed E-state index contributed by atoms with van der Waals surface area (Å²) in [7, 11) is 0.315. The summed E-state index contributed by atoms with van der Waals surface area (Å²) in [6.45, 7) is 6.97. The molecule has 0 radical (unpaired) electrons. The molecule has 1 aromatic rings. The monoisotopic (exact) mass is 339 g/mol. The molecule has 126 valence electrons. The minimum Gasteiger partial charge on any atom is -0.353 e. The third kappa shape index (κ3) is 2.60. The van der Waals surface area contributed by atoms with Crippen LogP contribution in [0.1, 0.15) is 20.8 Å². The molecule has 2 aliphatic heterocycles. The van der Waals surface area contributed by atoms with E-state index in [1.165, 1.54) is 23.8 Å². The third-order valence-electron chi connectivity index (χ3n) is 5.15. The molecule has 1 aromatic carbocycles. The van der Waals surface area contributed by atoms with Crippen LogP contribution < -0.4 is 4.57 Å². The van der Waals surface area contributed by atoms with Gasteiger partial charge in [0.2, 0.25) is 0 Å². The van der Waals surface area contributed by atoms with Gasteiger partial charge in [-0.25, -0.2) is 15.0 Å². The van der Waals surface area contributed by atoms with Crippen LogP contribution in [-0.2, 0) is 7.05 Å². The summed E-state index contributed by atoms with van der Waals surface area (Å²) in [4.78, 5) is 13.3. The fourth-order valence-electron chi connectivity index (χ4n) is 3.56. The van der Waals surface area contributed by atoms with Crippen molar-refractivity contribution in [3.05, 3.63) is 43.0 Å². The minimum absolute atomic E-state index is 0.718. The maximum absolute atomic E-state index is 4.53. The zero-order valence-electron chi connectivity index (χ0n) is 14.9. The molecule has 0 bridgehead atoms. The predicted molar refractivity (Wildman–Crippen MR) is 101 cm³/mol. The van der Waals surface area contributed by atoms with Crippen LogP contribution in [0, 0.1) is 0 Å². The van der Waals surface area contributed by atoms with Crippen molar-refractivity contribution in [3.8, 4) is 11.5 Å². The smallest absolute Gasteiger partial charge is 0.184 e. The van der Waals surface area contributed by atoms with Crippen LogP contribution in [0.4, 0.5) is 11.5 Å². The second kappa shape index (κ2) is 6.73. The van der Waals surface area contributed by atoms with E-state index in [4.69, 9.17) is 0 Å². The van der Waals surface area contributed by atoms with Gasteiger partial charge in [-0.15, -0.1) is 0 Å². The van der Waals surface area contributed by atoms with Gasteiger partial charge in [0.1, 0.15) is 17.8 Å². The summed E-state index contributed by atoms with van der Waals surface area (Å²) in [5, 5.41) is 0. The van der Waals surface area contributed by atoms with Crippen molar-refractivity contribution in [2.45, 2.75) is 38.9 Å². The van der Waals surface area contributed by atoms with Gasteiger partial charge in [0.05, 0.1) is 6.33 Å². The predicted octanol–water partition coefficient (Wildman–Crippen LogP) is 4.46. The summed E-state index contributed by atoms with van der Waals surface area (Å²) >= 11 is 0. The van der Waals surface area contributed by atoms with Gasteiger partial charge in [0.25, 0.3) is 0 Å². The zero-order valence-corrected chi connectivity index (χ0v) is 15.9. The van der Waals surface area contributed by atoms with E-state index in [-0.39, 0.29) is 0 Å². The molecule has 0 fully saturated rings. The lowest BCUT2D eigenvalue weighted by Crippen LogP contribution is -2.51. The van der Waals surface area contributed by atoms with Gasteiger partial charge >= 0.3 is 0 Å². The molecule has 0 spiro atoms. The molecule has 2 heterocycles. The minimum atomic E-state index is -1.73. The van der Waals surface area contributed by atoms with Crippen LogP contribution in [0.3, 0.4) is 0 Å². The maximum atomic E-state index is 4.53. The molecule has 0 N–H and O–H groups in total. The largest absolute Gasteiger partial charge is 0.353 e. The Bertz CT molecular complexity index is 758. The van der Waals surface area contributed by atoms with Crippen molar-refractivity contribution in [2.75, 3.05) is 4.57 Å². The second-order valence-corrected chi connectivity index (χ2v) is 11.2. The first kappa shape index (κ1) is 16.6. The Morgan fingerprint density at radius 2 is 1.62 bits per heavy atom. The molecule has 5 nitrogen and oxygen atoms in total. The molecule has 0 saturated carbocycles. The van der Waals surface area contributed by atoms with Crippen LogP contribution in [0.15, 0.2) is 43.0 Å². The number of aryl methyl sites for hydroxylation is 1. The molecule has 0 amide bonds. The number of para-hydroxylation sites is 1. The van der Waals surface area contributed by atoms with Gasteiger partial charge in [0.15, 0.2) is 14.1 Å². The number of aromatic nitrogens is 4. The van der Waals surface area contributed by atoms with Gasteiger partial charge in [-0.05, 0) is 30.3 Å². The Morgan fingerprint density at radius 3 is 2.25 bits per heavy atom. The van der Waals surface area contributed by atoms with E-state index >= 15 is 0 Å². The SMILES string of the molecule is CC[Si](CC)(CC)N(c1ccccc1)c1c2ncnc-2ncn1C. The lowest BCUT2D eigenvalue weighted by atomic mass is 10.3. The van der Waals surface area contributed by atoms with Crippen LogP contribution >= 0.6 is 0 Å². The number of fused-ring (bicyclic) bond motifs is 1. The average molecular weight is 340 g/mol. The fourth-order valence-corrected chi connectivity index (χ4v) is 7.42. The molecular weight excluding hydrogens is 314 g/mol. The van der Waals surface area contributed by atoms with Crippen molar-refractivity contribution in [3.63, 3.8) is 0 Å². The van der Waals surface area contributed by atoms with Gasteiger partial charge in [-0.2, -0.15) is 0 Å². The lowest BCUT2D eigenvalue weighted by Gasteiger charge is -2.43. The first-order valence-electron chi connectivity index (χ1n) is 8.64. The van der Waals surface area contributed by atoms with E-state index in [0.29, 0.717) is 0 Å². The van der Waals surface area contributed by atoms with Crippen molar-refractivity contribution >= 4 is 19.7 Å². The van der Waals surface area contributed by atoms with E-state index in [2.05, 4.69) is 75.2 Å². The van der Waals surface area contributed by atoms with Crippen molar-refractivity contribution in [1.29, 1.82) is 0 Å². The lowest BCUT2D eigenvalue weighted by molar-refractivity contribution is 0.848. The summed E-state index contributed by atoms with van der Waals surface area (Å²) in [6.07, 6.45) is 3.46. The van der Waals surface area contributed by atoms with E-state index in [0.717, 1.165) is 17.3 Å². The summed E-state index contributed by atoms with van der Waals surface area (Å²) in [6, 6.07) is 14.2. The van der Waals surface area contributed by atoms with Gasteiger partial charge in [0, 0.05) is 12.7 Å². The van der Waals surface area contributed by atoms with Crippen molar-refractivity contribution in [1.82, 2.24) is 19.5 Å². The molecule has 0 aromatic heterocycles. The van der Waals surface area contributed by atoms with E-state index in [1.54, 1.807) is 6.33 Å². The summed E-state index contributed by atoms with van der Waals surface area (Å²) in [5.41, 5.74) is 2.12. The number of imidazole rings is 1. The Kier molecular flexibility index (Phi) is 4.66. The van der Waals surface area contributed by atoms with Crippen LogP contribution in [-0.4, -0.2) is 27.8 Å². The maximum Gasteiger partial charge on any atom is 0.184 e. The Morgan fingerprint density at radius 1 is 0.958 bits per heavy atom. The number of hydrogen-bond donors (Lipinski definition) is 0. The summed E-state index contributed by atoms with van der Waals surface area (Å²) < 4.78 is 4.67. The van der Waals surface area contributed by atoms with Crippen molar-refractivity contribution < 1.29 is 0 Å². The number of nitrogens with zero attached hydrogens (tertiary/aromatic N) is 5. The molecule has 0 atom stereocenters. The number of anilines is 2. The van der Waals surface area contributed by atoms with E-state index in [9.17, 15) is 0 Å². The topological polar surface area (TPSA) is 46.8 Å². The quantitative estimate of drug-likeness (QED) is 0.622. The third-order valence-corrected chi connectivity index (χ3v) is 10.5. The second-order valence-electron chi connectivity index (χ2n) is 6.18. The first-order chi connectivity index (χ1) is 11.7. The zero-order chi connectivity index (χ0) is 17.2. The highest BCUT2D eigenvalue weighted by molar-refractivity contribution is 6.84. The van der Waals surface area contributed by atoms with Gasteiger partial charge in [-0.1, -0.05) is 39.0 Å². The number of hydrogen-bond acceptors (Lipinski definition) is 4. The number of rotatable bonds is 6. The Balaban J connectivity index is 2.29. The Labute approximate surface area is 144 Å². The molecule has 0 aliphatic carbocycles. The average Bonchev–Trinajstić information content (AvgIpc) is 3.10.